The first-order valence-corrected chi connectivity index (χ1v) is 17.5. The first kappa shape index (κ1) is 30.7. The SMILES string of the molecule is CC[C@H]1[C@@H](O)[C@@H]2[C@H](C[C@H](O)[C@]3(C)[C@@H]([C@H](C)CCC(=O)N4CCC[C@@H](S(=O)(=O)O)C4)CC[C@@H]23)[C@@]2(C)CC[C@@H](O)C[C@@H]12. The number of fused-ring (bicyclic) bond motifs is 5. The van der Waals surface area contributed by atoms with E-state index in [0.29, 0.717) is 38.6 Å². The first-order chi connectivity index (χ1) is 18.7. The van der Waals surface area contributed by atoms with Gasteiger partial charge in [0.15, 0.2) is 0 Å². The number of likely N-dealkylation sites (tertiary alicyclic amines) is 1. The van der Waals surface area contributed by atoms with Crippen LogP contribution in [0.15, 0.2) is 0 Å². The molecule has 0 bridgehead atoms. The minimum atomic E-state index is -4.15. The van der Waals surface area contributed by atoms with Crippen LogP contribution in [0.1, 0.15) is 98.3 Å². The molecule has 9 heteroatoms. The number of nitrogens with zero attached hydrogens (tertiary/aromatic N) is 1. The molecule has 8 nitrogen and oxygen atoms in total. The van der Waals surface area contributed by atoms with Crippen LogP contribution in [0.5, 0.6) is 0 Å². The molecule has 1 amide bonds. The van der Waals surface area contributed by atoms with Gasteiger partial charge in [-0.2, -0.15) is 8.42 Å². The van der Waals surface area contributed by atoms with Gasteiger partial charge in [0, 0.05) is 19.5 Å². The molecule has 0 unspecified atom stereocenters. The highest BCUT2D eigenvalue weighted by molar-refractivity contribution is 7.86. The smallest absolute Gasteiger partial charge is 0.269 e. The van der Waals surface area contributed by atoms with E-state index in [-0.39, 0.29) is 70.8 Å². The quantitative estimate of drug-likeness (QED) is 0.349. The summed E-state index contributed by atoms with van der Waals surface area (Å²) in [6.07, 6.45) is 6.87. The Bertz CT molecular complexity index is 1050. The van der Waals surface area contributed by atoms with Crippen LogP contribution in [0.25, 0.3) is 0 Å². The predicted octanol–water partition coefficient (Wildman–Crippen LogP) is 3.88. The molecule has 4 saturated carbocycles. The Labute approximate surface area is 241 Å². The third-order valence-corrected chi connectivity index (χ3v) is 14.4. The zero-order valence-electron chi connectivity index (χ0n) is 24.9. The van der Waals surface area contributed by atoms with E-state index in [4.69, 9.17) is 0 Å². The molecule has 5 fully saturated rings. The van der Waals surface area contributed by atoms with Crippen LogP contribution in [0.3, 0.4) is 0 Å². The van der Waals surface area contributed by atoms with Crippen molar-refractivity contribution < 1.29 is 33.1 Å². The van der Waals surface area contributed by atoms with E-state index in [9.17, 15) is 33.1 Å². The van der Waals surface area contributed by atoms with Crippen molar-refractivity contribution in [3.63, 3.8) is 0 Å². The summed E-state index contributed by atoms with van der Waals surface area (Å²) in [7, 11) is -4.15. The van der Waals surface area contributed by atoms with Gasteiger partial charge < -0.3 is 20.2 Å². The van der Waals surface area contributed by atoms with Gasteiger partial charge in [0.25, 0.3) is 10.1 Å². The van der Waals surface area contributed by atoms with Crippen molar-refractivity contribution in [2.45, 2.75) is 122 Å². The predicted molar refractivity (Wildman–Crippen MR) is 153 cm³/mol. The van der Waals surface area contributed by atoms with Gasteiger partial charge in [0.1, 0.15) is 5.25 Å². The molecule has 0 aromatic rings. The number of hydrogen-bond donors (Lipinski definition) is 4. The Kier molecular flexibility index (Phi) is 8.50. The fraction of sp³-hybridized carbons (Fsp3) is 0.968. The van der Waals surface area contributed by atoms with Crippen molar-refractivity contribution in [2.75, 3.05) is 13.1 Å². The first-order valence-electron chi connectivity index (χ1n) is 16.0. The third-order valence-electron chi connectivity index (χ3n) is 13.2. The lowest BCUT2D eigenvalue weighted by Crippen LogP contribution is -2.65. The van der Waals surface area contributed by atoms with E-state index in [0.717, 1.165) is 38.5 Å². The molecule has 4 aliphatic carbocycles. The maximum Gasteiger partial charge on any atom is 0.269 e. The summed E-state index contributed by atoms with van der Waals surface area (Å²) in [5, 5.41) is 33.4. The molecule has 1 heterocycles. The Morgan fingerprint density at radius 3 is 2.42 bits per heavy atom. The van der Waals surface area contributed by atoms with Gasteiger partial charge in [-0.05, 0) is 110 Å². The largest absolute Gasteiger partial charge is 0.393 e. The fourth-order valence-electron chi connectivity index (χ4n) is 11.0. The number of carbonyl (C=O) groups is 1. The number of aliphatic hydroxyl groups excluding tert-OH is 3. The molecule has 1 saturated heterocycles. The summed E-state index contributed by atoms with van der Waals surface area (Å²) in [5.74, 6) is 1.49. The molecule has 0 aromatic heterocycles. The van der Waals surface area contributed by atoms with E-state index in [1.807, 2.05) is 0 Å². The highest BCUT2D eigenvalue weighted by Gasteiger charge is 2.67. The summed E-state index contributed by atoms with van der Waals surface area (Å²) in [4.78, 5) is 14.7. The lowest BCUT2D eigenvalue weighted by Gasteiger charge is -2.65. The van der Waals surface area contributed by atoms with Crippen LogP contribution in [0, 0.1) is 52.3 Å². The molecular formula is C31H53NO7S. The molecule has 1 aliphatic heterocycles. The van der Waals surface area contributed by atoms with Crippen LogP contribution in [0.4, 0.5) is 0 Å². The van der Waals surface area contributed by atoms with Gasteiger partial charge in [0.05, 0.1) is 18.3 Å². The number of piperidine rings is 1. The zero-order chi connectivity index (χ0) is 29.2. The van der Waals surface area contributed by atoms with E-state index in [1.165, 1.54) is 0 Å². The maximum absolute atomic E-state index is 13.1. The van der Waals surface area contributed by atoms with Gasteiger partial charge in [-0.1, -0.05) is 34.1 Å². The van der Waals surface area contributed by atoms with Crippen LogP contribution in [-0.2, 0) is 14.9 Å². The highest BCUT2D eigenvalue weighted by atomic mass is 32.2. The minimum absolute atomic E-state index is 0.0244. The van der Waals surface area contributed by atoms with E-state index < -0.39 is 27.6 Å². The minimum Gasteiger partial charge on any atom is -0.393 e. The average Bonchev–Trinajstić information content (AvgIpc) is 3.27. The van der Waals surface area contributed by atoms with Crippen molar-refractivity contribution in [1.29, 1.82) is 0 Å². The molecular weight excluding hydrogens is 530 g/mol. The molecule has 13 atom stereocenters. The fourth-order valence-corrected chi connectivity index (χ4v) is 11.8. The third kappa shape index (κ3) is 4.97. The second kappa shape index (κ2) is 11.1. The zero-order valence-corrected chi connectivity index (χ0v) is 25.7. The number of aliphatic hydroxyl groups is 3. The van der Waals surface area contributed by atoms with Crippen molar-refractivity contribution >= 4 is 16.0 Å². The van der Waals surface area contributed by atoms with Gasteiger partial charge in [-0.3, -0.25) is 9.35 Å². The van der Waals surface area contributed by atoms with E-state index >= 15 is 0 Å². The van der Waals surface area contributed by atoms with Crippen LogP contribution in [-0.4, -0.2) is 75.7 Å². The molecule has 4 N–H and O–H groups in total. The Balaban J connectivity index is 1.30. The lowest BCUT2D eigenvalue weighted by molar-refractivity contribution is -0.228. The van der Waals surface area contributed by atoms with E-state index in [1.54, 1.807) is 4.90 Å². The average molecular weight is 584 g/mol. The molecule has 40 heavy (non-hydrogen) atoms. The Morgan fingerprint density at radius 2 is 1.75 bits per heavy atom. The summed E-state index contributed by atoms with van der Waals surface area (Å²) in [5.41, 5.74) is -0.294. The van der Waals surface area contributed by atoms with Gasteiger partial charge in [-0.15, -0.1) is 0 Å². The van der Waals surface area contributed by atoms with Crippen molar-refractivity contribution in [1.82, 2.24) is 4.90 Å². The highest BCUT2D eigenvalue weighted by Crippen LogP contribution is 2.69. The molecule has 0 radical (unpaired) electrons. The van der Waals surface area contributed by atoms with Gasteiger partial charge >= 0.3 is 0 Å². The summed E-state index contributed by atoms with van der Waals surface area (Å²) >= 11 is 0. The molecule has 5 aliphatic rings. The summed E-state index contributed by atoms with van der Waals surface area (Å²) in [6, 6.07) is 0. The normalized spacial score (nSPS) is 48.1. The van der Waals surface area contributed by atoms with Gasteiger partial charge in [0.2, 0.25) is 5.91 Å². The molecule has 0 spiro atoms. The van der Waals surface area contributed by atoms with Crippen LogP contribution < -0.4 is 0 Å². The summed E-state index contributed by atoms with van der Waals surface area (Å²) in [6.45, 7) is 9.56. The Morgan fingerprint density at radius 1 is 1.02 bits per heavy atom. The van der Waals surface area contributed by atoms with Crippen LogP contribution >= 0.6 is 0 Å². The van der Waals surface area contributed by atoms with Crippen molar-refractivity contribution in [3.8, 4) is 0 Å². The number of hydrogen-bond acceptors (Lipinski definition) is 6. The number of rotatable bonds is 6. The van der Waals surface area contributed by atoms with E-state index in [2.05, 4.69) is 27.7 Å². The maximum atomic E-state index is 13.1. The Hall–Kier alpha value is -0.740. The number of carbonyl (C=O) groups excluding carboxylic acids is 1. The van der Waals surface area contributed by atoms with Crippen LogP contribution in [0.2, 0.25) is 0 Å². The van der Waals surface area contributed by atoms with Crippen molar-refractivity contribution in [2.24, 2.45) is 52.3 Å². The van der Waals surface area contributed by atoms with Gasteiger partial charge in [-0.25, -0.2) is 0 Å². The second-order valence-electron chi connectivity index (χ2n) is 14.8. The number of amides is 1. The second-order valence-corrected chi connectivity index (χ2v) is 16.5. The van der Waals surface area contributed by atoms with Crippen molar-refractivity contribution in [3.05, 3.63) is 0 Å². The summed E-state index contributed by atoms with van der Waals surface area (Å²) < 4.78 is 32.7. The standard InChI is InChI=1S/C31H53NO7S/c1-5-21-24-15-19(33)12-13-30(24,3)25-16-26(34)31(4)22(9-10-23(31)28(25)29(21)36)18(2)8-11-27(35)32-14-6-7-20(17-32)40(37,38)39/h18-26,28-29,33-34,36H,5-17H2,1-4H3,(H,37,38,39)/t18-,19-,20-,21-,22-,23+,24+,25+,26+,28+,29-,30+,31-/m1/s1. The molecule has 5 rings (SSSR count). The molecule has 0 aromatic carbocycles. The lowest BCUT2D eigenvalue weighted by atomic mass is 9.41. The molecule has 230 valence electrons. The monoisotopic (exact) mass is 583 g/mol. The topological polar surface area (TPSA) is 135 Å².